The predicted octanol–water partition coefficient (Wildman–Crippen LogP) is 4.82. The van der Waals surface area contributed by atoms with Crippen LogP contribution >= 0.6 is 0 Å². The van der Waals surface area contributed by atoms with Gasteiger partial charge in [-0.3, -0.25) is 4.99 Å². The minimum absolute atomic E-state index is 0.169. The van der Waals surface area contributed by atoms with Gasteiger partial charge in [0.1, 0.15) is 17.2 Å². The van der Waals surface area contributed by atoms with Gasteiger partial charge >= 0.3 is 5.90 Å². The third-order valence-corrected chi connectivity index (χ3v) is 7.35. The minimum atomic E-state index is -0.169. The molecule has 186 valence electrons. The number of rotatable bonds is 7. The molecule has 2 aromatic rings. The van der Waals surface area contributed by atoms with Crippen LogP contribution in [-0.4, -0.2) is 40.0 Å². The van der Waals surface area contributed by atoms with Crippen LogP contribution in [0.25, 0.3) is 0 Å². The molecule has 0 atom stereocenters. The monoisotopic (exact) mass is 476 g/mol. The van der Waals surface area contributed by atoms with Crippen LogP contribution < -0.4 is 19.8 Å². The Morgan fingerprint density at radius 3 is 2.60 bits per heavy atom. The van der Waals surface area contributed by atoms with E-state index in [9.17, 15) is 0 Å². The van der Waals surface area contributed by atoms with Gasteiger partial charge in [-0.05, 0) is 54.7 Å². The number of nitrogens with zero attached hydrogens (tertiary/aromatic N) is 2. The molecule has 1 aliphatic heterocycles. The summed E-state index contributed by atoms with van der Waals surface area (Å²) in [5.74, 6) is 2.62. The predicted molar refractivity (Wildman–Crippen MR) is 142 cm³/mol. The number of hydrogen-bond donors (Lipinski definition) is 1. The zero-order valence-corrected chi connectivity index (χ0v) is 21.6. The second kappa shape index (κ2) is 10.5. The summed E-state index contributed by atoms with van der Waals surface area (Å²) in [5.41, 5.74) is 4.98. The Kier molecular flexibility index (Phi) is 7.48. The second-order valence-corrected chi connectivity index (χ2v) is 9.96. The molecule has 2 aromatic carbocycles. The molecule has 1 fully saturated rings. The van der Waals surface area contributed by atoms with Gasteiger partial charge in [-0.2, -0.15) is 0 Å². The first kappa shape index (κ1) is 24.8. The van der Waals surface area contributed by atoms with E-state index in [0.717, 1.165) is 35.0 Å². The Hall–Kier alpha value is -3.28. The van der Waals surface area contributed by atoms with Crippen molar-refractivity contribution in [2.75, 3.05) is 32.8 Å². The van der Waals surface area contributed by atoms with E-state index in [0.29, 0.717) is 17.6 Å². The first-order valence-electron chi connectivity index (χ1n) is 12.5. The normalized spacial score (nSPS) is 18.7. The maximum atomic E-state index is 6.07. The SMILES string of the molecule is COC(=[NH2+])c1ccc2c(c1)N(C)C(=CC=Nc1ccc(OCC3CCCCC3)cc1OC)C2(C)C. The molecule has 2 N–H and O–H groups in total. The fraction of sp³-hybridized carbons (Fsp3) is 0.448. The highest BCUT2D eigenvalue weighted by Gasteiger charge is 2.38. The average molecular weight is 477 g/mol. The zero-order chi connectivity index (χ0) is 25.0. The van der Waals surface area contributed by atoms with Crippen molar-refractivity contribution in [2.24, 2.45) is 10.9 Å². The van der Waals surface area contributed by atoms with Crippen molar-refractivity contribution < 1.29 is 19.6 Å². The third kappa shape index (κ3) is 5.21. The third-order valence-electron chi connectivity index (χ3n) is 7.35. The number of allylic oxidation sites excluding steroid dienone is 2. The van der Waals surface area contributed by atoms with Gasteiger partial charge in [0.05, 0.1) is 26.4 Å². The number of methoxy groups -OCH3 is 2. The maximum absolute atomic E-state index is 6.07. The van der Waals surface area contributed by atoms with Crippen molar-refractivity contribution >= 4 is 23.5 Å². The summed E-state index contributed by atoms with van der Waals surface area (Å²) in [6.07, 6.45) is 10.4. The lowest BCUT2D eigenvalue weighted by atomic mass is 9.83. The number of ether oxygens (including phenoxy) is 3. The maximum Gasteiger partial charge on any atom is 0.366 e. The molecular weight excluding hydrogens is 438 g/mol. The molecule has 6 heteroatoms. The van der Waals surface area contributed by atoms with Gasteiger partial charge in [0.2, 0.25) is 0 Å². The summed E-state index contributed by atoms with van der Waals surface area (Å²) >= 11 is 0. The second-order valence-electron chi connectivity index (χ2n) is 9.96. The van der Waals surface area contributed by atoms with Gasteiger partial charge in [-0.25, -0.2) is 5.41 Å². The number of likely N-dealkylation sites (N-methyl/N-ethyl adjacent to an activating group) is 1. The molecule has 0 saturated heterocycles. The summed E-state index contributed by atoms with van der Waals surface area (Å²) in [4.78, 5) is 6.89. The highest BCUT2D eigenvalue weighted by molar-refractivity contribution is 5.92. The van der Waals surface area contributed by atoms with Crippen molar-refractivity contribution in [2.45, 2.75) is 51.4 Å². The Labute approximate surface area is 209 Å². The van der Waals surface area contributed by atoms with E-state index in [1.165, 1.54) is 37.7 Å². The zero-order valence-electron chi connectivity index (χ0n) is 21.6. The van der Waals surface area contributed by atoms with E-state index in [1.807, 2.05) is 30.5 Å². The van der Waals surface area contributed by atoms with Crippen LogP contribution in [0.2, 0.25) is 0 Å². The molecular formula is C29H38N3O3+. The Balaban J connectivity index is 1.50. The summed E-state index contributed by atoms with van der Waals surface area (Å²) in [6.45, 7) is 5.21. The number of hydrogen-bond acceptors (Lipinski definition) is 5. The molecule has 0 spiro atoms. The van der Waals surface area contributed by atoms with Crippen molar-refractivity contribution in [1.29, 1.82) is 0 Å². The molecule has 1 aliphatic carbocycles. The van der Waals surface area contributed by atoms with Gasteiger partial charge < -0.3 is 19.1 Å². The Morgan fingerprint density at radius 1 is 1.11 bits per heavy atom. The molecule has 0 aromatic heterocycles. The van der Waals surface area contributed by atoms with Gasteiger partial charge in [0.25, 0.3) is 0 Å². The lowest BCUT2D eigenvalue weighted by molar-refractivity contribution is -0.135. The molecule has 4 rings (SSSR count). The summed E-state index contributed by atoms with van der Waals surface area (Å²) in [7, 11) is 5.32. The van der Waals surface area contributed by atoms with Crippen LogP contribution in [0.5, 0.6) is 11.5 Å². The van der Waals surface area contributed by atoms with Crippen molar-refractivity contribution in [3.05, 3.63) is 59.3 Å². The first-order valence-corrected chi connectivity index (χ1v) is 12.5. The van der Waals surface area contributed by atoms with Crippen LogP contribution in [0.1, 0.15) is 57.1 Å². The quantitative estimate of drug-likeness (QED) is 0.460. The van der Waals surface area contributed by atoms with E-state index in [4.69, 9.17) is 24.6 Å². The van der Waals surface area contributed by atoms with Gasteiger partial charge in [0, 0.05) is 36.1 Å². The van der Waals surface area contributed by atoms with Crippen LogP contribution in [0.3, 0.4) is 0 Å². The largest absolute Gasteiger partial charge is 0.494 e. The molecule has 0 amide bonds. The molecule has 0 bridgehead atoms. The highest BCUT2D eigenvalue weighted by Crippen LogP contribution is 2.47. The molecule has 6 nitrogen and oxygen atoms in total. The molecule has 1 saturated carbocycles. The fourth-order valence-corrected chi connectivity index (χ4v) is 5.23. The number of aliphatic imine (C=N–C) groups is 1. The van der Waals surface area contributed by atoms with Crippen molar-refractivity contribution in [3.63, 3.8) is 0 Å². The van der Waals surface area contributed by atoms with Gasteiger partial charge in [-0.1, -0.05) is 39.2 Å². The number of nitrogens with two attached hydrogens (primary N) is 1. The standard InChI is InChI=1S/C29H37N3O3/c1-29(2)23-13-11-21(28(30)34-5)17-25(23)32(3)27(29)15-16-31-24-14-12-22(18-26(24)33-4)35-19-20-9-7-6-8-10-20/h11-18,20,30H,6-10,19H2,1-5H3/p+1. The van der Waals surface area contributed by atoms with E-state index >= 15 is 0 Å². The number of anilines is 1. The summed E-state index contributed by atoms with van der Waals surface area (Å²) in [5, 5.41) is 5.99. The first-order chi connectivity index (χ1) is 16.8. The topological polar surface area (TPSA) is 68.9 Å². The smallest absolute Gasteiger partial charge is 0.366 e. The van der Waals surface area contributed by atoms with Gasteiger partial charge in [0.15, 0.2) is 0 Å². The van der Waals surface area contributed by atoms with E-state index in [-0.39, 0.29) is 5.41 Å². The van der Waals surface area contributed by atoms with Crippen LogP contribution in [0.15, 0.2) is 53.2 Å². The van der Waals surface area contributed by atoms with Crippen LogP contribution in [-0.2, 0) is 10.2 Å². The molecule has 1 heterocycles. The van der Waals surface area contributed by atoms with Gasteiger partial charge in [-0.15, -0.1) is 0 Å². The highest BCUT2D eigenvalue weighted by atomic mass is 16.5. The van der Waals surface area contributed by atoms with Crippen molar-refractivity contribution in [3.8, 4) is 11.5 Å². The molecule has 0 unspecified atom stereocenters. The lowest BCUT2D eigenvalue weighted by Gasteiger charge is -2.23. The van der Waals surface area contributed by atoms with E-state index < -0.39 is 0 Å². The fourth-order valence-electron chi connectivity index (χ4n) is 5.23. The minimum Gasteiger partial charge on any atom is -0.494 e. The van der Waals surface area contributed by atoms with Crippen LogP contribution in [0.4, 0.5) is 11.4 Å². The molecule has 0 radical (unpaired) electrons. The van der Waals surface area contributed by atoms with Crippen molar-refractivity contribution in [1.82, 2.24) is 0 Å². The number of benzene rings is 2. The van der Waals surface area contributed by atoms with E-state index in [2.05, 4.69) is 44.0 Å². The lowest BCUT2D eigenvalue weighted by Crippen LogP contribution is -2.41. The molecule has 35 heavy (non-hydrogen) atoms. The Morgan fingerprint density at radius 2 is 1.89 bits per heavy atom. The summed E-state index contributed by atoms with van der Waals surface area (Å²) in [6, 6.07) is 12.1. The summed E-state index contributed by atoms with van der Waals surface area (Å²) < 4.78 is 16.9. The van der Waals surface area contributed by atoms with E-state index in [1.54, 1.807) is 14.2 Å². The van der Waals surface area contributed by atoms with Crippen LogP contribution in [0, 0.1) is 5.92 Å². The number of fused-ring (bicyclic) bond motifs is 1. The molecule has 2 aliphatic rings. The Bertz CT molecular complexity index is 1130. The average Bonchev–Trinajstić information content (AvgIpc) is 3.07.